The number of rotatable bonds is 5. The molecule has 124 valence electrons. The van der Waals surface area contributed by atoms with Gasteiger partial charge in [-0.15, -0.1) is 0 Å². The molecule has 0 bridgehead atoms. The maximum atomic E-state index is 12.8. The Labute approximate surface area is 137 Å². The molecule has 0 spiro atoms. The first-order chi connectivity index (χ1) is 11.6. The van der Waals surface area contributed by atoms with Crippen molar-refractivity contribution in [3.63, 3.8) is 0 Å². The molecule has 1 atom stereocenters. The molecule has 0 radical (unpaired) electrons. The largest absolute Gasteiger partial charge is 0.471 e. The second-order valence-electron chi connectivity index (χ2n) is 5.08. The first-order valence-corrected chi connectivity index (χ1v) is 7.54. The summed E-state index contributed by atoms with van der Waals surface area (Å²) in [4.78, 5) is 24.6. The highest BCUT2D eigenvalue weighted by molar-refractivity contribution is 5.81. The molecule has 0 saturated heterocycles. The Kier molecular flexibility index (Phi) is 4.37. The van der Waals surface area contributed by atoms with Crippen LogP contribution in [0, 0.1) is 0 Å². The van der Waals surface area contributed by atoms with Crippen molar-refractivity contribution in [1.29, 1.82) is 0 Å². The normalized spacial score (nSPS) is 12.1. The van der Waals surface area contributed by atoms with Gasteiger partial charge in [-0.05, 0) is 38.1 Å². The van der Waals surface area contributed by atoms with Crippen molar-refractivity contribution in [2.75, 3.05) is 6.61 Å². The van der Waals surface area contributed by atoms with Gasteiger partial charge in [-0.1, -0.05) is 12.1 Å². The van der Waals surface area contributed by atoms with E-state index in [2.05, 4.69) is 0 Å². The van der Waals surface area contributed by atoms with E-state index in [0.29, 0.717) is 16.7 Å². The van der Waals surface area contributed by atoms with Crippen LogP contribution in [0.4, 0.5) is 0 Å². The lowest BCUT2D eigenvalue weighted by atomic mass is 10.2. The Morgan fingerprint density at radius 1 is 1.21 bits per heavy atom. The second kappa shape index (κ2) is 6.62. The molecule has 24 heavy (non-hydrogen) atoms. The highest BCUT2D eigenvalue weighted by Crippen LogP contribution is 2.31. The lowest BCUT2D eigenvalue weighted by molar-refractivity contribution is -0.150. The first kappa shape index (κ1) is 15.9. The van der Waals surface area contributed by atoms with E-state index in [4.69, 9.17) is 18.3 Å². The molecule has 1 unspecified atom stereocenters. The molecule has 0 aliphatic carbocycles. The van der Waals surface area contributed by atoms with Gasteiger partial charge in [0.2, 0.25) is 16.9 Å². The average molecular weight is 328 g/mol. The van der Waals surface area contributed by atoms with Crippen molar-refractivity contribution in [3.8, 4) is 17.3 Å². The minimum Gasteiger partial charge on any atom is -0.471 e. The summed E-state index contributed by atoms with van der Waals surface area (Å²) in [5.74, 6) is -0.164. The predicted molar refractivity (Wildman–Crippen MR) is 86.9 cm³/mol. The zero-order valence-electron chi connectivity index (χ0n) is 13.3. The summed E-state index contributed by atoms with van der Waals surface area (Å²) in [6.07, 6.45) is 0.506. The molecule has 2 heterocycles. The van der Waals surface area contributed by atoms with Gasteiger partial charge in [0.25, 0.3) is 0 Å². The summed E-state index contributed by atoms with van der Waals surface area (Å²) in [6, 6.07) is 10.1. The first-order valence-electron chi connectivity index (χ1n) is 7.54. The van der Waals surface area contributed by atoms with Crippen LogP contribution in [0.3, 0.4) is 0 Å². The number of esters is 1. The maximum absolute atomic E-state index is 12.8. The molecule has 6 heteroatoms. The van der Waals surface area contributed by atoms with E-state index < -0.39 is 12.1 Å². The van der Waals surface area contributed by atoms with Crippen LogP contribution in [-0.2, 0) is 9.53 Å². The number of para-hydroxylation sites is 1. The Hall–Kier alpha value is -3.02. The summed E-state index contributed by atoms with van der Waals surface area (Å²) in [5.41, 5.74) is 0.0319. The van der Waals surface area contributed by atoms with Crippen LogP contribution in [0.1, 0.15) is 13.8 Å². The number of hydrogen-bond acceptors (Lipinski definition) is 6. The standard InChI is InChI=1S/C18H16O6/c1-3-21-18(20)11(2)23-17-15(19)12-7-4-5-8-13(12)24-16(17)14-9-6-10-22-14/h4-11H,3H2,1-2H3. The van der Waals surface area contributed by atoms with Gasteiger partial charge in [0.05, 0.1) is 18.3 Å². The average Bonchev–Trinajstić information content (AvgIpc) is 3.11. The number of furan rings is 1. The van der Waals surface area contributed by atoms with Crippen molar-refractivity contribution in [1.82, 2.24) is 0 Å². The van der Waals surface area contributed by atoms with Crippen LogP contribution < -0.4 is 10.2 Å². The zero-order valence-corrected chi connectivity index (χ0v) is 13.3. The smallest absolute Gasteiger partial charge is 0.347 e. The van der Waals surface area contributed by atoms with E-state index in [1.165, 1.54) is 13.2 Å². The quantitative estimate of drug-likeness (QED) is 0.668. The maximum Gasteiger partial charge on any atom is 0.347 e. The van der Waals surface area contributed by atoms with Crippen molar-refractivity contribution in [2.45, 2.75) is 20.0 Å². The Bertz CT molecular complexity index is 907. The summed E-state index contributed by atoms with van der Waals surface area (Å²) in [5, 5.41) is 0.360. The number of fused-ring (bicyclic) bond motifs is 1. The van der Waals surface area contributed by atoms with E-state index in [1.54, 1.807) is 43.3 Å². The number of hydrogen-bond donors (Lipinski definition) is 0. The number of carbonyl (C=O) groups excluding carboxylic acids is 1. The fourth-order valence-electron chi connectivity index (χ4n) is 2.29. The third-order valence-electron chi connectivity index (χ3n) is 3.41. The Morgan fingerprint density at radius 3 is 2.71 bits per heavy atom. The fourth-order valence-corrected chi connectivity index (χ4v) is 2.29. The van der Waals surface area contributed by atoms with Gasteiger partial charge >= 0.3 is 5.97 Å². The molecular formula is C18H16O6. The molecule has 0 N–H and O–H groups in total. The van der Waals surface area contributed by atoms with Crippen molar-refractivity contribution in [2.24, 2.45) is 0 Å². The predicted octanol–water partition coefficient (Wildman–Crippen LogP) is 3.38. The van der Waals surface area contributed by atoms with Gasteiger partial charge in [0, 0.05) is 0 Å². The lowest BCUT2D eigenvalue weighted by Gasteiger charge is -2.15. The van der Waals surface area contributed by atoms with Crippen LogP contribution in [0.2, 0.25) is 0 Å². The Balaban J connectivity index is 2.14. The van der Waals surface area contributed by atoms with Crippen LogP contribution in [-0.4, -0.2) is 18.7 Å². The number of benzene rings is 1. The summed E-state index contributed by atoms with van der Waals surface area (Å²) < 4.78 is 21.6. The van der Waals surface area contributed by atoms with E-state index in [-0.39, 0.29) is 23.5 Å². The minimum absolute atomic E-state index is 0.0794. The fraction of sp³-hybridized carbons (Fsp3) is 0.222. The van der Waals surface area contributed by atoms with Crippen LogP contribution in [0.25, 0.3) is 22.5 Å². The summed E-state index contributed by atoms with van der Waals surface area (Å²) in [7, 11) is 0. The molecule has 0 aliphatic heterocycles. The number of ether oxygens (including phenoxy) is 2. The van der Waals surface area contributed by atoms with Crippen molar-refractivity contribution < 1.29 is 23.1 Å². The highest BCUT2D eigenvalue weighted by Gasteiger charge is 2.24. The molecule has 0 fully saturated rings. The van der Waals surface area contributed by atoms with Crippen molar-refractivity contribution in [3.05, 3.63) is 52.9 Å². The molecule has 6 nitrogen and oxygen atoms in total. The molecule has 0 aliphatic rings. The van der Waals surface area contributed by atoms with Crippen molar-refractivity contribution >= 4 is 16.9 Å². The van der Waals surface area contributed by atoms with Gasteiger partial charge in [-0.3, -0.25) is 4.79 Å². The topological polar surface area (TPSA) is 78.9 Å². The van der Waals surface area contributed by atoms with Crippen LogP contribution in [0.5, 0.6) is 5.75 Å². The monoisotopic (exact) mass is 328 g/mol. The lowest BCUT2D eigenvalue weighted by Crippen LogP contribution is -2.28. The SMILES string of the molecule is CCOC(=O)C(C)Oc1c(-c2ccco2)oc2ccccc2c1=O. The van der Waals surface area contributed by atoms with E-state index in [1.807, 2.05) is 0 Å². The van der Waals surface area contributed by atoms with Gasteiger partial charge in [-0.2, -0.15) is 0 Å². The molecule has 3 aromatic rings. The van der Waals surface area contributed by atoms with Gasteiger partial charge in [-0.25, -0.2) is 4.79 Å². The highest BCUT2D eigenvalue weighted by atomic mass is 16.6. The molecular weight excluding hydrogens is 312 g/mol. The zero-order chi connectivity index (χ0) is 17.1. The molecule has 3 rings (SSSR count). The summed E-state index contributed by atoms with van der Waals surface area (Å²) >= 11 is 0. The molecule has 0 saturated carbocycles. The third kappa shape index (κ3) is 2.90. The molecule has 2 aromatic heterocycles. The van der Waals surface area contributed by atoms with E-state index >= 15 is 0 Å². The van der Waals surface area contributed by atoms with Gasteiger partial charge in [0.15, 0.2) is 11.9 Å². The van der Waals surface area contributed by atoms with Gasteiger partial charge in [0.1, 0.15) is 5.58 Å². The second-order valence-corrected chi connectivity index (χ2v) is 5.08. The van der Waals surface area contributed by atoms with Gasteiger partial charge < -0.3 is 18.3 Å². The van der Waals surface area contributed by atoms with E-state index in [9.17, 15) is 9.59 Å². The minimum atomic E-state index is -0.956. The molecule has 1 aromatic carbocycles. The number of carbonyl (C=O) groups is 1. The van der Waals surface area contributed by atoms with Crippen LogP contribution >= 0.6 is 0 Å². The van der Waals surface area contributed by atoms with E-state index in [0.717, 1.165) is 0 Å². The Morgan fingerprint density at radius 2 is 2.00 bits per heavy atom. The summed E-state index contributed by atoms with van der Waals surface area (Å²) in [6.45, 7) is 3.44. The third-order valence-corrected chi connectivity index (χ3v) is 3.41. The molecule has 0 amide bonds. The van der Waals surface area contributed by atoms with Crippen LogP contribution in [0.15, 0.2) is 56.3 Å².